The zero-order valence-electron chi connectivity index (χ0n) is 11.0. The fourth-order valence-electron chi connectivity index (χ4n) is 1.76. The van der Waals surface area contributed by atoms with E-state index in [1.165, 1.54) is 0 Å². The van der Waals surface area contributed by atoms with Gasteiger partial charge in [0, 0.05) is 10.6 Å². The number of hydrogen-bond acceptors (Lipinski definition) is 2. The lowest BCUT2D eigenvalue weighted by Crippen LogP contribution is -1.96. The van der Waals surface area contributed by atoms with Gasteiger partial charge in [-0.3, -0.25) is 0 Å². The number of aliphatic hydroxyl groups excluding tert-OH is 1. The molecule has 0 amide bonds. The van der Waals surface area contributed by atoms with Crippen LogP contribution in [0.15, 0.2) is 48.5 Å². The standard InChI is InChI=1S/C17H15ClO2/c18-17-9-7-14(8-10-17)12-20-13-16-5-2-1-4-15(16)6-3-11-19/h1-2,4-5,7-10,19H,11-13H2. The Morgan fingerprint density at radius 1 is 1.00 bits per heavy atom. The molecular weight excluding hydrogens is 272 g/mol. The average Bonchev–Trinajstić information content (AvgIpc) is 2.48. The van der Waals surface area contributed by atoms with E-state index < -0.39 is 0 Å². The second-order valence-electron chi connectivity index (χ2n) is 4.24. The summed E-state index contributed by atoms with van der Waals surface area (Å²) < 4.78 is 5.69. The third-order valence-corrected chi connectivity index (χ3v) is 3.01. The molecule has 0 aliphatic heterocycles. The molecule has 102 valence electrons. The smallest absolute Gasteiger partial charge is 0.104 e. The van der Waals surface area contributed by atoms with Gasteiger partial charge in [-0.2, -0.15) is 0 Å². The first kappa shape index (κ1) is 14.6. The summed E-state index contributed by atoms with van der Waals surface area (Å²) in [5.74, 6) is 5.58. The van der Waals surface area contributed by atoms with Gasteiger partial charge in [-0.15, -0.1) is 0 Å². The lowest BCUT2D eigenvalue weighted by atomic mass is 10.1. The summed E-state index contributed by atoms with van der Waals surface area (Å²) in [6.07, 6.45) is 0. The Hall–Kier alpha value is -1.79. The van der Waals surface area contributed by atoms with Crippen molar-refractivity contribution >= 4 is 11.6 Å². The Labute approximate surface area is 124 Å². The Morgan fingerprint density at radius 2 is 1.75 bits per heavy atom. The molecule has 0 radical (unpaired) electrons. The number of aliphatic hydroxyl groups is 1. The number of hydrogen-bond donors (Lipinski definition) is 1. The Bertz CT molecular complexity index is 609. The largest absolute Gasteiger partial charge is 0.384 e. The fourth-order valence-corrected chi connectivity index (χ4v) is 1.89. The number of benzene rings is 2. The Balaban J connectivity index is 1.95. The van der Waals surface area contributed by atoms with E-state index in [1.54, 1.807) is 0 Å². The minimum absolute atomic E-state index is 0.139. The summed E-state index contributed by atoms with van der Waals surface area (Å²) in [5, 5.41) is 9.47. The van der Waals surface area contributed by atoms with Gasteiger partial charge in [-0.1, -0.05) is 53.8 Å². The molecule has 3 heteroatoms. The van der Waals surface area contributed by atoms with E-state index in [0.717, 1.165) is 21.7 Å². The van der Waals surface area contributed by atoms with Crippen LogP contribution in [0.5, 0.6) is 0 Å². The molecule has 0 bridgehead atoms. The molecule has 2 aromatic rings. The van der Waals surface area contributed by atoms with Crippen molar-refractivity contribution in [2.24, 2.45) is 0 Å². The van der Waals surface area contributed by atoms with Crippen LogP contribution in [0, 0.1) is 11.8 Å². The van der Waals surface area contributed by atoms with Crippen LogP contribution in [0.3, 0.4) is 0 Å². The summed E-state index contributed by atoms with van der Waals surface area (Å²) >= 11 is 5.83. The van der Waals surface area contributed by atoms with E-state index >= 15 is 0 Å². The predicted octanol–water partition coefficient (Wildman–Crippen LogP) is 3.40. The van der Waals surface area contributed by atoms with Gasteiger partial charge >= 0.3 is 0 Å². The summed E-state index contributed by atoms with van der Waals surface area (Å²) in [6, 6.07) is 15.4. The highest BCUT2D eigenvalue weighted by Crippen LogP contribution is 2.13. The summed E-state index contributed by atoms with van der Waals surface area (Å²) in [7, 11) is 0. The first-order valence-corrected chi connectivity index (χ1v) is 6.67. The van der Waals surface area contributed by atoms with E-state index in [0.29, 0.717) is 13.2 Å². The monoisotopic (exact) mass is 286 g/mol. The topological polar surface area (TPSA) is 29.5 Å². The third kappa shape index (κ3) is 4.40. The van der Waals surface area contributed by atoms with Crippen LogP contribution in [-0.2, 0) is 18.0 Å². The zero-order valence-corrected chi connectivity index (χ0v) is 11.7. The summed E-state index contributed by atoms with van der Waals surface area (Å²) in [5.41, 5.74) is 2.98. The van der Waals surface area contributed by atoms with E-state index in [2.05, 4.69) is 11.8 Å². The van der Waals surface area contributed by atoms with Crippen molar-refractivity contribution in [3.05, 3.63) is 70.2 Å². The average molecular weight is 287 g/mol. The van der Waals surface area contributed by atoms with Crippen molar-refractivity contribution in [1.29, 1.82) is 0 Å². The van der Waals surface area contributed by atoms with E-state index in [-0.39, 0.29) is 6.61 Å². The molecule has 0 saturated heterocycles. The van der Waals surface area contributed by atoms with Crippen LogP contribution in [0.4, 0.5) is 0 Å². The normalized spacial score (nSPS) is 9.90. The molecule has 0 saturated carbocycles. The maximum absolute atomic E-state index is 8.75. The maximum atomic E-state index is 8.75. The lowest BCUT2D eigenvalue weighted by molar-refractivity contribution is 0.107. The van der Waals surface area contributed by atoms with Crippen LogP contribution in [0.1, 0.15) is 16.7 Å². The fraction of sp³-hybridized carbons (Fsp3) is 0.176. The number of rotatable bonds is 4. The first-order chi connectivity index (χ1) is 9.79. The zero-order chi connectivity index (χ0) is 14.2. The van der Waals surface area contributed by atoms with Gasteiger partial charge in [-0.05, 0) is 29.3 Å². The molecular formula is C17H15ClO2. The molecule has 0 aromatic heterocycles. The van der Waals surface area contributed by atoms with E-state index in [4.69, 9.17) is 21.4 Å². The Kier molecular flexibility index (Phi) is 5.64. The highest BCUT2D eigenvalue weighted by Gasteiger charge is 2.00. The highest BCUT2D eigenvalue weighted by molar-refractivity contribution is 6.30. The van der Waals surface area contributed by atoms with Gasteiger partial charge in [0.2, 0.25) is 0 Å². The van der Waals surface area contributed by atoms with Crippen LogP contribution in [0.25, 0.3) is 0 Å². The quantitative estimate of drug-likeness (QED) is 0.873. The summed E-state index contributed by atoms with van der Waals surface area (Å²) in [6.45, 7) is 0.873. The molecule has 0 spiro atoms. The number of ether oxygens (including phenoxy) is 1. The minimum Gasteiger partial charge on any atom is -0.384 e. The molecule has 20 heavy (non-hydrogen) atoms. The van der Waals surface area contributed by atoms with Crippen LogP contribution in [0.2, 0.25) is 5.02 Å². The minimum atomic E-state index is -0.139. The first-order valence-electron chi connectivity index (χ1n) is 6.29. The van der Waals surface area contributed by atoms with Crippen molar-refractivity contribution in [1.82, 2.24) is 0 Å². The third-order valence-electron chi connectivity index (χ3n) is 2.76. The molecule has 2 aromatic carbocycles. The van der Waals surface area contributed by atoms with Gasteiger partial charge in [0.15, 0.2) is 0 Å². The molecule has 0 aliphatic carbocycles. The van der Waals surface area contributed by atoms with Gasteiger partial charge in [0.25, 0.3) is 0 Å². The molecule has 2 rings (SSSR count). The number of halogens is 1. The van der Waals surface area contributed by atoms with E-state index in [9.17, 15) is 0 Å². The predicted molar refractivity (Wildman–Crippen MR) is 80.4 cm³/mol. The van der Waals surface area contributed by atoms with Crippen molar-refractivity contribution in [3.63, 3.8) is 0 Å². The van der Waals surface area contributed by atoms with Gasteiger partial charge in [0.1, 0.15) is 6.61 Å². The van der Waals surface area contributed by atoms with Crippen molar-refractivity contribution in [2.75, 3.05) is 6.61 Å². The summed E-state index contributed by atoms with van der Waals surface area (Å²) in [4.78, 5) is 0. The molecule has 0 aliphatic rings. The molecule has 0 fully saturated rings. The van der Waals surface area contributed by atoms with Crippen LogP contribution >= 0.6 is 11.6 Å². The highest BCUT2D eigenvalue weighted by atomic mass is 35.5. The van der Waals surface area contributed by atoms with Gasteiger partial charge in [0.05, 0.1) is 13.2 Å². The van der Waals surface area contributed by atoms with Crippen LogP contribution in [-0.4, -0.2) is 11.7 Å². The molecule has 0 atom stereocenters. The second kappa shape index (κ2) is 7.72. The van der Waals surface area contributed by atoms with Gasteiger partial charge in [-0.25, -0.2) is 0 Å². The van der Waals surface area contributed by atoms with Crippen molar-refractivity contribution < 1.29 is 9.84 Å². The SMILES string of the molecule is OCC#Cc1ccccc1COCc1ccc(Cl)cc1. The van der Waals surface area contributed by atoms with Gasteiger partial charge < -0.3 is 9.84 Å². The Morgan fingerprint density at radius 3 is 2.50 bits per heavy atom. The van der Waals surface area contributed by atoms with E-state index in [1.807, 2.05) is 48.5 Å². The second-order valence-corrected chi connectivity index (χ2v) is 4.67. The molecule has 0 heterocycles. The molecule has 0 unspecified atom stereocenters. The lowest BCUT2D eigenvalue weighted by Gasteiger charge is -2.07. The molecule has 2 nitrogen and oxygen atoms in total. The van der Waals surface area contributed by atoms with Crippen LogP contribution < -0.4 is 0 Å². The molecule has 1 N–H and O–H groups in total. The van der Waals surface area contributed by atoms with Crippen molar-refractivity contribution in [3.8, 4) is 11.8 Å². The maximum Gasteiger partial charge on any atom is 0.104 e. The van der Waals surface area contributed by atoms with Crippen molar-refractivity contribution in [2.45, 2.75) is 13.2 Å².